The summed E-state index contributed by atoms with van der Waals surface area (Å²) < 4.78 is 30.2. The number of ether oxygens (including phenoxy) is 1. The standard InChI is InChI=1S/C10H10ClF2NO3/c1-17-9-5(2-7(15)16)4-14-8(10(12)13)6(9)3-11/h4,10H,2-3H2,1H3,(H,15,16). The minimum atomic E-state index is -2.78. The molecule has 0 bridgehead atoms. The van der Waals surface area contributed by atoms with E-state index in [4.69, 9.17) is 21.4 Å². The van der Waals surface area contributed by atoms with Crippen LogP contribution >= 0.6 is 11.6 Å². The number of carboxylic acids is 1. The first-order valence-electron chi connectivity index (χ1n) is 4.61. The number of rotatable bonds is 5. The molecule has 94 valence electrons. The van der Waals surface area contributed by atoms with Gasteiger partial charge in [-0.05, 0) is 0 Å². The highest BCUT2D eigenvalue weighted by atomic mass is 35.5. The molecule has 0 aliphatic heterocycles. The molecular formula is C10H10ClF2NO3. The number of nitrogens with zero attached hydrogens (tertiary/aromatic N) is 1. The minimum absolute atomic E-state index is 0.0305. The third kappa shape index (κ3) is 3.03. The van der Waals surface area contributed by atoms with Gasteiger partial charge in [-0.15, -0.1) is 11.6 Å². The normalized spacial score (nSPS) is 10.6. The van der Waals surface area contributed by atoms with Gasteiger partial charge in [0.25, 0.3) is 6.43 Å². The van der Waals surface area contributed by atoms with Crippen LogP contribution in [0.4, 0.5) is 8.78 Å². The molecule has 0 aliphatic rings. The Morgan fingerprint density at radius 1 is 1.65 bits per heavy atom. The third-order valence-electron chi connectivity index (χ3n) is 2.12. The highest BCUT2D eigenvalue weighted by Gasteiger charge is 2.21. The van der Waals surface area contributed by atoms with Crippen LogP contribution in [0.5, 0.6) is 5.75 Å². The number of aliphatic carboxylic acids is 1. The van der Waals surface area contributed by atoms with Crippen LogP contribution in [0.3, 0.4) is 0 Å². The molecule has 7 heteroatoms. The van der Waals surface area contributed by atoms with E-state index in [2.05, 4.69) is 4.98 Å². The van der Waals surface area contributed by atoms with E-state index in [0.717, 1.165) is 6.20 Å². The lowest BCUT2D eigenvalue weighted by Crippen LogP contribution is -2.08. The van der Waals surface area contributed by atoms with Crippen molar-refractivity contribution in [3.8, 4) is 5.75 Å². The van der Waals surface area contributed by atoms with Gasteiger partial charge in [0.2, 0.25) is 0 Å². The fraction of sp³-hybridized carbons (Fsp3) is 0.400. The molecule has 0 saturated carbocycles. The van der Waals surface area contributed by atoms with Gasteiger partial charge in [0.15, 0.2) is 0 Å². The van der Waals surface area contributed by atoms with Crippen molar-refractivity contribution >= 4 is 17.6 Å². The molecule has 0 spiro atoms. The molecule has 1 rings (SSSR count). The second kappa shape index (κ2) is 5.77. The number of carboxylic acid groups (broad SMARTS) is 1. The molecule has 1 aromatic heterocycles. The first-order valence-corrected chi connectivity index (χ1v) is 5.15. The molecule has 0 fully saturated rings. The minimum Gasteiger partial charge on any atom is -0.496 e. The van der Waals surface area contributed by atoms with E-state index < -0.39 is 18.1 Å². The van der Waals surface area contributed by atoms with Gasteiger partial charge in [0.05, 0.1) is 19.4 Å². The first-order chi connectivity index (χ1) is 8.01. The lowest BCUT2D eigenvalue weighted by Gasteiger charge is -2.14. The van der Waals surface area contributed by atoms with Crippen molar-refractivity contribution < 1.29 is 23.4 Å². The average molecular weight is 266 g/mol. The van der Waals surface area contributed by atoms with Crippen molar-refractivity contribution in [2.45, 2.75) is 18.7 Å². The summed E-state index contributed by atoms with van der Waals surface area (Å²) >= 11 is 5.57. The molecule has 4 nitrogen and oxygen atoms in total. The van der Waals surface area contributed by atoms with Crippen LogP contribution in [-0.4, -0.2) is 23.2 Å². The number of hydrogen-bond acceptors (Lipinski definition) is 3. The summed E-state index contributed by atoms with van der Waals surface area (Å²) in [4.78, 5) is 14.1. The summed E-state index contributed by atoms with van der Waals surface area (Å²) in [6, 6.07) is 0. The number of aromatic nitrogens is 1. The molecule has 0 radical (unpaired) electrons. The summed E-state index contributed by atoms with van der Waals surface area (Å²) in [6.07, 6.45) is -2.06. The third-order valence-corrected chi connectivity index (χ3v) is 2.39. The summed E-state index contributed by atoms with van der Waals surface area (Å²) in [5.41, 5.74) is -0.228. The van der Waals surface area contributed by atoms with Crippen molar-refractivity contribution in [1.29, 1.82) is 0 Å². The van der Waals surface area contributed by atoms with Crippen LogP contribution < -0.4 is 4.74 Å². The molecule has 0 unspecified atom stereocenters. The maximum Gasteiger partial charge on any atom is 0.308 e. The highest BCUT2D eigenvalue weighted by Crippen LogP contribution is 2.32. The van der Waals surface area contributed by atoms with Gasteiger partial charge in [-0.1, -0.05) is 0 Å². The second-order valence-electron chi connectivity index (χ2n) is 3.19. The van der Waals surface area contributed by atoms with Gasteiger partial charge < -0.3 is 9.84 Å². The predicted octanol–water partition coefficient (Wildman–Crippen LogP) is 2.39. The summed E-state index contributed by atoms with van der Waals surface area (Å²) in [6.45, 7) is 0. The number of pyridine rings is 1. The van der Waals surface area contributed by atoms with E-state index in [1.807, 2.05) is 0 Å². The summed E-state index contributed by atoms with van der Waals surface area (Å²) in [5, 5.41) is 8.66. The Kier molecular flexibility index (Phi) is 4.62. The highest BCUT2D eigenvalue weighted by molar-refractivity contribution is 6.17. The van der Waals surface area contributed by atoms with Crippen LogP contribution in [0.15, 0.2) is 6.20 Å². The quantitative estimate of drug-likeness (QED) is 0.831. The molecule has 1 N–H and O–H groups in total. The Hall–Kier alpha value is -1.43. The largest absolute Gasteiger partial charge is 0.496 e. The van der Waals surface area contributed by atoms with Crippen LogP contribution in [-0.2, 0) is 17.1 Å². The van der Waals surface area contributed by atoms with E-state index in [9.17, 15) is 13.6 Å². The monoisotopic (exact) mass is 265 g/mol. The maximum absolute atomic E-state index is 12.6. The van der Waals surface area contributed by atoms with Gasteiger partial charge in [-0.2, -0.15) is 0 Å². The Labute approximate surface area is 101 Å². The number of halogens is 3. The fourth-order valence-electron chi connectivity index (χ4n) is 1.45. The summed E-state index contributed by atoms with van der Waals surface area (Å²) in [7, 11) is 1.27. The smallest absolute Gasteiger partial charge is 0.308 e. The first kappa shape index (κ1) is 13.6. The second-order valence-corrected chi connectivity index (χ2v) is 3.45. The number of hydrogen-bond donors (Lipinski definition) is 1. The van der Waals surface area contributed by atoms with E-state index in [0.29, 0.717) is 0 Å². The fourth-order valence-corrected chi connectivity index (χ4v) is 1.71. The van der Waals surface area contributed by atoms with Crippen molar-refractivity contribution in [3.63, 3.8) is 0 Å². The molecule has 0 atom stereocenters. The maximum atomic E-state index is 12.6. The Balaban J connectivity index is 3.32. The van der Waals surface area contributed by atoms with Gasteiger partial charge >= 0.3 is 5.97 Å². The van der Waals surface area contributed by atoms with Gasteiger partial charge in [-0.25, -0.2) is 8.78 Å². The van der Waals surface area contributed by atoms with Crippen LogP contribution in [0, 0.1) is 0 Å². The molecule has 0 aliphatic carbocycles. The van der Waals surface area contributed by atoms with Crippen LogP contribution in [0.25, 0.3) is 0 Å². The van der Waals surface area contributed by atoms with Gasteiger partial charge in [0, 0.05) is 17.3 Å². The van der Waals surface area contributed by atoms with Crippen LogP contribution in [0.1, 0.15) is 23.2 Å². The van der Waals surface area contributed by atoms with E-state index >= 15 is 0 Å². The molecule has 0 aromatic carbocycles. The van der Waals surface area contributed by atoms with Crippen molar-refractivity contribution in [2.75, 3.05) is 7.11 Å². The molecule has 0 amide bonds. The average Bonchev–Trinajstić information content (AvgIpc) is 2.26. The van der Waals surface area contributed by atoms with Crippen molar-refractivity contribution in [1.82, 2.24) is 4.98 Å². The van der Waals surface area contributed by atoms with Gasteiger partial charge in [0.1, 0.15) is 11.4 Å². The molecular weight excluding hydrogens is 256 g/mol. The van der Waals surface area contributed by atoms with Crippen LogP contribution in [0.2, 0.25) is 0 Å². The van der Waals surface area contributed by atoms with E-state index in [1.165, 1.54) is 7.11 Å². The van der Waals surface area contributed by atoms with E-state index in [1.54, 1.807) is 0 Å². The summed E-state index contributed by atoms with van der Waals surface area (Å²) in [5.74, 6) is -1.26. The number of carbonyl (C=O) groups is 1. The zero-order chi connectivity index (χ0) is 13.0. The topological polar surface area (TPSA) is 59.4 Å². The zero-order valence-electron chi connectivity index (χ0n) is 8.91. The van der Waals surface area contributed by atoms with Crippen molar-refractivity contribution in [3.05, 3.63) is 23.0 Å². The SMILES string of the molecule is COc1c(CC(=O)O)cnc(C(F)F)c1CCl. The Bertz CT molecular complexity index is 426. The molecule has 1 heterocycles. The van der Waals surface area contributed by atoms with E-state index in [-0.39, 0.29) is 29.2 Å². The Morgan fingerprint density at radius 2 is 2.29 bits per heavy atom. The number of alkyl halides is 3. The Morgan fingerprint density at radius 3 is 2.71 bits per heavy atom. The molecule has 17 heavy (non-hydrogen) atoms. The lowest BCUT2D eigenvalue weighted by atomic mass is 10.1. The lowest BCUT2D eigenvalue weighted by molar-refractivity contribution is -0.136. The van der Waals surface area contributed by atoms with Gasteiger partial charge in [-0.3, -0.25) is 9.78 Å². The number of methoxy groups -OCH3 is 1. The molecule has 1 aromatic rings. The zero-order valence-corrected chi connectivity index (χ0v) is 9.67. The predicted molar refractivity (Wildman–Crippen MR) is 56.6 cm³/mol. The molecule has 0 saturated heterocycles. The van der Waals surface area contributed by atoms with Crippen molar-refractivity contribution in [2.24, 2.45) is 0 Å².